The van der Waals surface area contributed by atoms with E-state index in [-0.39, 0.29) is 23.4 Å². The van der Waals surface area contributed by atoms with Crippen LogP contribution in [0.5, 0.6) is 0 Å². The van der Waals surface area contributed by atoms with Crippen LogP contribution in [0.3, 0.4) is 0 Å². The number of carboxylic acid groups (broad SMARTS) is 1. The number of carbonyl (C=O) groups is 2. The molecule has 0 aliphatic carbocycles. The highest BCUT2D eigenvalue weighted by Gasteiger charge is 2.32. The van der Waals surface area contributed by atoms with Gasteiger partial charge in [0.05, 0.1) is 24.7 Å². The van der Waals surface area contributed by atoms with Crippen molar-refractivity contribution in [2.45, 2.75) is 12.5 Å². The van der Waals surface area contributed by atoms with Crippen molar-refractivity contribution in [2.75, 3.05) is 26.8 Å². The highest BCUT2D eigenvalue weighted by Crippen LogP contribution is 2.14. The largest absolute Gasteiger partial charge is 0.478 e. The molecular formula is C15H20N2O4. The van der Waals surface area contributed by atoms with Gasteiger partial charge >= 0.3 is 5.97 Å². The normalized spacial score (nSPS) is 21.2. The van der Waals surface area contributed by atoms with E-state index in [1.54, 1.807) is 24.3 Å². The van der Waals surface area contributed by atoms with Crippen LogP contribution in [-0.2, 0) is 16.0 Å². The van der Waals surface area contributed by atoms with Crippen molar-refractivity contribution >= 4 is 11.9 Å². The molecule has 3 N–H and O–H groups in total. The molecule has 6 heteroatoms. The second-order valence-corrected chi connectivity index (χ2v) is 5.04. The summed E-state index contributed by atoms with van der Waals surface area (Å²) in [4.78, 5) is 23.2. The van der Waals surface area contributed by atoms with Crippen molar-refractivity contribution in [3.8, 4) is 0 Å². The first-order valence-corrected chi connectivity index (χ1v) is 6.97. The summed E-state index contributed by atoms with van der Waals surface area (Å²) < 4.78 is 5.30. The van der Waals surface area contributed by atoms with Crippen molar-refractivity contribution in [2.24, 2.45) is 5.92 Å². The number of ether oxygens (including phenoxy) is 1. The average molecular weight is 292 g/mol. The van der Waals surface area contributed by atoms with Crippen molar-refractivity contribution in [1.29, 1.82) is 0 Å². The Kier molecular flexibility index (Phi) is 5.30. The van der Waals surface area contributed by atoms with Crippen molar-refractivity contribution < 1.29 is 19.4 Å². The first-order chi connectivity index (χ1) is 10.1. The zero-order valence-corrected chi connectivity index (χ0v) is 12.0. The summed E-state index contributed by atoms with van der Waals surface area (Å²) in [5.74, 6) is -1.19. The molecule has 2 unspecified atom stereocenters. The third kappa shape index (κ3) is 3.80. The Morgan fingerprint density at radius 3 is 2.81 bits per heavy atom. The van der Waals surface area contributed by atoms with Crippen LogP contribution in [0.2, 0.25) is 0 Å². The topological polar surface area (TPSA) is 87.7 Å². The minimum atomic E-state index is -0.948. The van der Waals surface area contributed by atoms with Gasteiger partial charge in [0.2, 0.25) is 5.91 Å². The highest BCUT2D eigenvalue weighted by atomic mass is 16.5. The summed E-state index contributed by atoms with van der Waals surface area (Å²) in [5.41, 5.74) is 1.00. The molecule has 2 atom stereocenters. The number of aromatic carboxylic acids is 1. The van der Waals surface area contributed by atoms with E-state index in [1.165, 1.54) is 0 Å². The number of nitrogens with one attached hydrogen (secondary N) is 2. The third-order valence-corrected chi connectivity index (χ3v) is 3.73. The van der Waals surface area contributed by atoms with E-state index in [0.29, 0.717) is 26.2 Å². The lowest BCUT2D eigenvalue weighted by molar-refractivity contribution is -0.125. The molecule has 0 bridgehead atoms. The maximum atomic E-state index is 12.1. The van der Waals surface area contributed by atoms with Crippen LogP contribution in [0.25, 0.3) is 0 Å². The van der Waals surface area contributed by atoms with Gasteiger partial charge in [-0.2, -0.15) is 0 Å². The van der Waals surface area contributed by atoms with Gasteiger partial charge in [-0.25, -0.2) is 4.79 Å². The van der Waals surface area contributed by atoms with Gasteiger partial charge in [-0.3, -0.25) is 4.79 Å². The number of hydrogen-bond acceptors (Lipinski definition) is 4. The van der Waals surface area contributed by atoms with Crippen LogP contribution < -0.4 is 10.6 Å². The highest BCUT2D eigenvalue weighted by molar-refractivity contribution is 5.89. The molecule has 1 aromatic rings. The van der Waals surface area contributed by atoms with Crippen molar-refractivity contribution in [3.05, 3.63) is 35.4 Å². The van der Waals surface area contributed by atoms with Crippen LogP contribution in [0, 0.1) is 5.92 Å². The van der Waals surface area contributed by atoms with Gasteiger partial charge in [0, 0.05) is 12.6 Å². The Morgan fingerprint density at radius 1 is 1.33 bits per heavy atom. The summed E-state index contributed by atoms with van der Waals surface area (Å²) in [6.07, 6.45) is 0.492. The molecule has 21 heavy (non-hydrogen) atoms. The minimum absolute atomic E-state index is 0.0382. The molecule has 6 nitrogen and oxygen atoms in total. The Labute approximate surface area is 123 Å². The molecule has 1 saturated heterocycles. The van der Waals surface area contributed by atoms with E-state index < -0.39 is 5.97 Å². The summed E-state index contributed by atoms with van der Waals surface area (Å²) in [7, 11) is 1.81. The molecular weight excluding hydrogens is 272 g/mol. The van der Waals surface area contributed by atoms with E-state index in [9.17, 15) is 9.59 Å². The molecule has 1 heterocycles. The van der Waals surface area contributed by atoms with Crippen molar-refractivity contribution in [3.63, 3.8) is 0 Å². The lowest BCUT2D eigenvalue weighted by atomic mass is 10.0. The molecule has 1 amide bonds. The Bertz CT molecular complexity index is 518. The molecule has 1 fully saturated rings. The predicted octanol–water partition coefficient (Wildman–Crippen LogP) is 0.278. The number of likely N-dealkylation sites (N-methyl/N-ethyl adjacent to an activating group) is 1. The molecule has 0 aromatic heterocycles. The zero-order chi connectivity index (χ0) is 15.2. The van der Waals surface area contributed by atoms with Gasteiger partial charge in [-0.1, -0.05) is 18.2 Å². The second-order valence-electron chi connectivity index (χ2n) is 5.04. The van der Waals surface area contributed by atoms with E-state index >= 15 is 0 Å². The van der Waals surface area contributed by atoms with Gasteiger partial charge in [0.25, 0.3) is 0 Å². The fourth-order valence-corrected chi connectivity index (χ4v) is 2.50. The lowest BCUT2D eigenvalue weighted by Gasteiger charge is -2.16. The maximum Gasteiger partial charge on any atom is 0.335 e. The second kappa shape index (κ2) is 7.19. The van der Waals surface area contributed by atoms with Crippen LogP contribution in [-0.4, -0.2) is 49.8 Å². The smallest absolute Gasteiger partial charge is 0.335 e. The molecule has 2 rings (SSSR count). The van der Waals surface area contributed by atoms with Crippen LogP contribution in [0.1, 0.15) is 15.9 Å². The number of carboxylic acids is 1. The monoisotopic (exact) mass is 292 g/mol. The standard InChI is InChI=1S/C15H20N2O4/c1-16-13-9-21-8-12(13)14(18)17-7-6-10-4-2-3-5-11(10)15(19)20/h2-5,12-13,16H,6-9H2,1H3,(H,17,18)(H,19,20). The van der Waals surface area contributed by atoms with Gasteiger partial charge in [-0.05, 0) is 25.1 Å². The molecule has 0 spiro atoms. The maximum absolute atomic E-state index is 12.1. The number of hydrogen-bond donors (Lipinski definition) is 3. The van der Waals surface area contributed by atoms with Crippen LogP contribution in [0.15, 0.2) is 24.3 Å². The Balaban J connectivity index is 1.87. The molecule has 1 aliphatic heterocycles. The molecule has 114 valence electrons. The van der Waals surface area contributed by atoms with Gasteiger partial charge in [0.15, 0.2) is 0 Å². The third-order valence-electron chi connectivity index (χ3n) is 3.73. The molecule has 0 saturated carbocycles. The molecule has 0 radical (unpaired) electrons. The zero-order valence-electron chi connectivity index (χ0n) is 12.0. The van der Waals surface area contributed by atoms with E-state index in [2.05, 4.69) is 10.6 Å². The quantitative estimate of drug-likeness (QED) is 0.701. The fraction of sp³-hybridized carbons (Fsp3) is 0.467. The van der Waals surface area contributed by atoms with Crippen LogP contribution in [0.4, 0.5) is 0 Å². The minimum Gasteiger partial charge on any atom is -0.478 e. The SMILES string of the molecule is CNC1COCC1C(=O)NCCc1ccccc1C(=O)O. The summed E-state index contributed by atoms with van der Waals surface area (Å²) in [6, 6.07) is 6.87. The average Bonchev–Trinajstić information content (AvgIpc) is 2.96. The van der Waals surface area contributed by atoms with Gasteiger partial charge in [0.1, 0.15) is 0 Å². The van der Waals surface area contributed by atoms with Crippen molar-refractivity contribution in [1.82, 2.24) is 10.6 Å². The first-order valence-electron chi connectivity index (χ1n) is 6.97. The number of rotatable bonds is 6. The first kappa shape index (κ1) is 15.5. The fourth-order valence-electron chi connectivity index (χ4n) is 2.50. The molecule has 1 aliphatic rings. The predicted molar refractivity (Wildman–Crippen MR) is 77.3 cm³/mol. The number of carbonyl (C=O) groups excluding carboxylic acids is 1. The number of amides is 1. The molecule has 1 aromatic carbocycles. The van der Waals surface area contributed by atoms with Gasteiger partial charge < -0.3 is 20.5 Å². The van der Waals surface area contributed by atoms with E-state index in [4.69, 9.17) is 9.84 Å². The number of benzene rings is 1. The van der Waals surface area contributed by atoms with E-state index in [1.807, 2.05) is 7.05 Å². The summed E-state index contributed by atoms with van der Waals surface area (Å²) >= 11 is 0. The van der Waals surface area contributed by atoms with Crippen LogP contribution >= 0.6 is 0 Å². The van der Waals surface area contributed by atoms with E-state index in [0.717, 1.165) is 5.56 Å². The lowest BCUT2D eigenvalue weighted by Crippen LogP contribution is -2.43. The summed E-state index contributed by atoms with van der Waals surface area (Å²) in [6.45, 7) is 1.37. The Hall–Kier alpha value is -1.92. The Morgan fingerprint density at radius 2 is 2.10 bits per heavy atom. The summed E-state index contributed by atoms with van der Waals surface area (Å²) in [5, 5.41) is 15.0. The van der Waals surface area contributed by atoms with Gasteiger partial charge in [-0.15, -0.1) is 0 Å².